The predicted octanol–water partition coefficient (Wildman–Crippen LogP) is 2.62. The number of thiazole rings is 1. The highest BCUT2D eigenvalue weighted by Gasteiger charge is 2.29. The molecule has 100 valence electrons. The second kappa shape index (κ2) is 5.36. The quantitative estimate of drug-likeness (QED) is 0.861. The van der Waals surface area contributed by atoms with Gasteiger partial charge in [-0.05, 0) is 39.5 Å². The number of carboxylic acid groups (broad SMARTS) is 1. The maximum Gasteiger partial charge on any atom is 0.317 e. The lowest BCUT2D eigenvalue weighted by Crippen LogP contribution is -2.34. The summed E-state index contributed by atoms with van der Waals surface area (Å²) in [6.45, 7) is 7.10. The van der Waals surface area contributed by atoms with Gasteiger partial charge in [0.25, 0.3) is 0 Å². The van der Waals surface area contributed by atoms with Crippen molar-refractivity contribution < 1.29 is 9.90 Å². The predicted molar refractivity (Wildman–Crippen MR) is 71.9 cm³/mol. The maximum atomic E-state index is 11.0. The minimum absolute atomic E-state index is 0.0895. The van der Waals surface area contributed by atoms with Crippen LogP contribution >= 0.6 is 11.3 Å². The van der Waals surface area contributed by atoms with E-state index in [2.05, 4.69) is 18.8 Å². The molecule has 0 bridgehead atoms. The van der Waals surface area contributed by atoms with E-state index in [-0.39, 0.29) is 12.6 Å². The Morgan fingerprint density at radius 3 is 2.67 bits per heavy atom. The molecule has 1 unspecified atom stereocenters. The first kappa shape index (κ1) is 13.5. The van der Waals surface area contributed by atoms with E-state index in [4.69, 9.17) is 5.11 Å². The largest absolute Gasteiger partial charge is 0.480 e. The van der Waals surface area contributed by atoms with Crippen LogP contribution in [0.15, 0.2) is 0 Å². The molecule has 1 heterocycles. The standard InChI is InChI=1S/C13H20N2O2S/c1-8(13-9(2)18-10(3)14-13)15(7-12(16)17)6-11-4-5-11/h8,11H,4-7H2,1-3H3,(H,16,17). The average Bonchev–Trinajstić information content (AvgIpc) is 3.01. The molecule has 18 heavy (non-hydrogen) atoms. The molecule has 0 aromatic carbocycles. The van der Waals surface area contributed by atoms with Crippen LogP contribution < -0.4 is 0 Å². The van der Waals surface area contributed by atoms with Gasteiger partial charge in [0.2, 0.25) is 0 Å². The van der Waals surface area contributed by atoms with Crippen LogP contribution in [0.4, 0.5) is 0 Å². The summed E-state index contributed by atoms with van der Waals surface area (Å²) >= 11 is 1.68. The zero-order valence-electron chi connectivity index (χ0n) is 11.1. The third kappa shape index (κ3) is 3.29. The smallest absolute Gasteiger partial charge is 0.317 e. The van der Waals surface area contributed by atoms with E-state index >= 15 is 0 Å². The van der Waals surface area contributed by atoms with Crippen LogP contribution in [-0.4, -0.2) is 34.0 Å². The van der Waals surface area contributed by atoms with Crippen molar-refractivity contribution in [1.82, 2.24) is 9.88 Å². The van der Waals surface area contributed by atoms with Crippen LogP contribution in [0.5, 0.6) is 0 Å². The Kier molecular flexibility index (Phi) is 4.02. The summed E-state index contributed by atoms with van der Waals surface area (Å²) in [5, 5.41) is 10.1. The lowest BCUT2D eigenvalue weighted by Gasteiger charge is -2.26. The van der Waals surface area contributed by atoms with Crippen LogP contribution in [0.2, 0.25) is 0 Å². The van der Waals surface area contributed by atoms with Gasteiger partial charge in [0.05, 0.1) is 23.3 Å². The van der Waals surface area contributed by atoms with Crippen molar-refractivity contribution in [3.63, 3.8) is 0 Å². The monoisotopic (exact) mass is 268 g/mol. The number of carbonyl (C=O) groups is 1. The van der Waals surface area contributed by atoms with Gasteiger partial charge in [-0.15, -0.1) is 11.3 Å². The highest BCUT2D eigenvalue weighted by molar-refractivity contribution is 7.11. The van der Waals surface area contributed by atoms with Crippen LogP contribution in [0.1, 0.15) is 41.4 Å². The number of hydrogen-bond acceptors (Lipinski definition) is 4. The molecule has 0 aliphatic heterocycles. The summed E-state index contributed by atoms with van der Waals surface area (Å²) in [6, 6.07) is 0.0895. The lowest BCUT2D eigenvalue weighted by atomic mass is 10.1. The summed E-state index contributed by atoms with van der Waals surface area (Å²) in [5.41, 5.74) is 1.04. The fraction of sp³-hybridized carbons (Fsp3) is 0.692. The van der Waals surface area contributed by atoms with Gasteiger partial charge in [-0.1, -0.05) is 0 Å². The number of carboxylic acids is 1. The second-order valence-corrected chi connectivity index (χ2v) is 6.52. The number of nitrogens with zero attached hydrogens (tertiary/aromatic N) is 2. The Hall–Kier alpha value is -0.940. The Morgan fingerprint density at radius 1 is 1.56 bits per heavy atom. The minimum atomic E-state index is -0.757. The molecule has 1 aliphatic carbocycles. The first-order valence-corrected chi connectivity index (χ1v) is 7.18. The lowest BCUT2D eigenvalue weighted by molar-refractivity contribution is -0.139. The Bertz CT molecular complexity index is 440. The van der Waals surface area contributed by atoms with E-state index in [9.17, 15) is 4.79 Å². The van der Waals surface area contributed by atoms with E-state index in [1.165, 1.54) is 17.7 Å². The summed E-state index contributed by atoms with van der Waals surface area (Å²) in [5.74, 6) is -0.0704. The number of aromatic nitrogens is 1. The van der Waals surface area contributed by atoms with E-state index in [1.54, 1.807) is 11.3 Å². The Balaban J connectivity index is 2.12. The molecule has 1 fully saturated rings. The summed E-state index contributed by atoms with van der Waals surface area (Å²) in [7, 11) is 0. The number of hydrogen-bond donors (Lipinski definition) is 1. The average molecular weight is 268 g/mol. The van der Waals surface area contributed by atoms with E-state index < -0.39 is 5.97 Å². The van der Waals surface area contributed by atoms with E-state index in [1.807, 2.05) is 11.8 Å². The van der Waals surface area contributed by atoms with Gasteiger partial charge < -0.3 is 5.11 Å². The normalized spacial score (nSPS) is 17.1. The molecule has 0 radical (unpaired) electrons. The Labute approximate surface area is 112 Å². The van der Waals surface area contributed by atoms with Crippen LogP contribution in [0.3, 0.4) is 0 Å². The fourth-order valence-corrected chi connectivity index (χ4v) is 3.18. The topological polar surface area (TPSA) is 53.4 Å². The van der Waals surface area contributed by atoms with Gasteiger partial charge in [0.1, 0.15) is 0 Å². The molecule has 2 rings (SSSR count). The molecular formula is C13H20N2O2S. The van der Waals surface area contributed by atoms with Crippen molar-refractivity contribution in [2.75, 3.05) is 13.1 Å². The molecule has 1 aromatic heterocycles. The maximum absolute atomic E-state index is 11.0. The van der Waals surface area contributed by atoms with Gasteiger partial charge in [-0.25, -0.2) is 4.98 Å². The van der Waals surface area contributed by atoms with Gasteiger partial charge in [-0.3, -0.25) is 9.69 Å². The van der Waals surface area contributed by atoms with Crippen molar-refractivity contribution in [2.45, 2.75) is 39.7 Å². The van der Waals surface area contributed by atoms with Crippen molar-refractivity contribution in [3.05, 3.63) is 15.6 Å². The van der Waals surface area contributed by atoms with Gasteiger partial charge in [0, 0.05) is 11.4 Å². The third-order valence-electron chi connectivity index (χ3n) is 3.41. The third-order valence-corrected chi connectivity index (χ3v) is 4.31. The van der Waals surface area contributed by atoms with Crippen LogP contribution in [0.25, 0.3) is 0 Å². The van der Waals surface area contributed by atoms with E-state index in [0.717, 1.165) is 17.2 Å². The molecule has 1 N–H and O–H groups in total. The first-order chi connectivity index (χ1) is 8.47. The summed E-state index contributed by atoms with van der Waals surface area (Å²) < 4.78 is 0. The van der Waals surface area contributed by atoms with Crippen molar-refractivity contribution in [1.29, 1.82) is 0 Å². The van der Waals surface area contributed by atoms with Crippen LogP contribution in [0, 0.1) is 19.8 Å². The SMILES string of the molecule is Cc1nc(C(C)N(CC(=O)O)CC2CC2)c(C)s1. The van der Waals surface area contributed by atoms with Crippen molar-refractivity contribution >= 4 is 17.3 Å². The zero-order chi connectivity index (χ0) is 13.3. The highest BCUT2D eigenvalue weighted by atomic mass is 32.1. The fourth-order valence-electron chi connectivity index (χ4n) is 2.27. The molecular weight excluding hydrogens is 248 g/mol. The zero-order valence-corrected chi connectivity index (χ0v) is 12.0. The molecule has 0 saturated heterocycles. The molecule has 4 nitrogen and oxygen atoms in total. The molecule has 1 atom stereocenters. The molecule has 1 aromatic rings. The molecule has 1 saturated carbocycles. The van der Waals surface area contributed by atoms with Crippen molar-refractivity contribution in [3.8, 4) is 0 Å². The number of rotatable bonds is 6. The summed E-state index contributed by atoms with van der Waals surface area (Å²) in [6.07, 6.45) is 2.47. The molecule has 5 heteroatoms. The van der Waals surface area contributed by atoms with Crippen molar-refractivity contribution in [2.24, 2.45) is 5.92 Å². The first-order valence-electron chi connectivity index (χ1n) is 6.37. The number of aliphatic carboxylic acids is 1. The molecule has 0 amide bonds. The van der Waals surface area contributed by atoms with Gasteiger partial charge in [0.15, 0.2) is 0 Å². The molecule has 0 spiro atoms. The van der Waals surface area contributed by atoms with Gasteiger partial charge in [-0.2, -0.15) is 0 Å². The molecule has 1 aliphatic rings. The van der Waals surface area contributed by atoms with E-state index in [0.29, 0.717) is 5.92 Å². The van der Waals surface area contributed by atoms with Gasteiger partial charge >= 0.3 is 5.97 Å². The Morgan fingerprint density at radius 2 is 2.22 bits per heavy atom. The summed E-state index contributed by atoms with van der Waals surface area (Å²) in [4.78, 5) is 18.8. The highest BCUT2D eigenvalue weighted by Crippen LogP contribution is 2.33. The van der Waals surface area contributed by atoms with Crippen LogP contribution in [-0.2, 0) is 4.79 Å². The minimum Gasteiger partial charge on any atom is -0.480 e. The second-order valence-electron chi connectivity index (χ2n) is 5.12. The number of aryl methyl sites for hydroxylation is 2.